The molecule has 0 bridgehead atoms. The number of nitrogens with one attached hydrogen (secondary N) is 1. The molecule has 21 heavy (non-hydrogen) atoms. The number of rotatable bonds is 5. The third-order valence-corrected chi connectivity index (χ3v) is 4.36. The Bertz CT molecular complexity index is 794. The van der Waals surface area contributed by atoms with Crippen LogP contribution in [0.1, 0.15) is 11.3 Å². The molecule has 6 heteroatoms. The van der Waals surface area contributed by atoms with Crippen LogP contribution in [0.4, 0.5) is 0 Å². The minimum Gasteiger partial charge on any atom is -0.309 e. The van der Waals surface area contributed by atoms with Crippen molar-refractivity contribution in [2.75, 3.05) is 6.54 Å². The molecule has 1 N–H and O–H groups in total. The number of aryl methyl sites for hydroxylation is 1. The first-order valence-electron chi connectivity index (χ1n) is 6.79. The normalized spacial score (nSPS) is 11.1. The molecule has 3 rings (SSSR count). The molecule has 0 radical (unpaired) electrons. The van der Waals surface area contributed by atoms with E-state index in [0.29, 0.717) is 19.6 Å². The molecule has 0 atom stereocenters. The summed E-state index contributed by atoms with van der Waals surface area (Å²) in [6, 6.07) is 5.83. The van der Waals surface area contributed by atoms with E-state index in [-0.39, 0.29) is 5.56 Å². The van der Waals surface area contributed by atoms with Gasteiger partial charge in [0.05, 0.1) is 17.5 Å². The van der Waals surface area contributed by atoms with Gasteiger partial charge in [0.1, 0.15) is 4.70 Å². The Morgan fingerprint density at radius 1 is 1.33 bits per heavy atom. The van der Waals surface area contributed by atoms with Crippen LogP contribution in [0, 0.1) is 6.92 Å². The Balaban J connectivity index is 1.63. The molecule has 0 aliphatic heterocycles. The lowest BCUT2D eigenvalue weighted by Crippen LogP contribution is -2.27. The van der Waals surface area contributed by atoms with Crippen molar-refractivity contribution in [2.24, 2.45) is 0 Å². The molecule has 0 fully saturated rings. The largest absolute Gasteiger partial charge is 0.309 e. The van der Waals surface area contributed by atoms with Crippen molar-refractivity contribution in [3.63, 3.8) is 0 Å². The van der Waals surface area contributed by atoms with Gasteiger partial charge < -0.3 is 5.32 Å². The van der Waals surface area contributed by atoms with E-state index in [2.05, 4.69) is 15.3 Å². The maximum absolute atomic E-state index is 12.3. The van der Waals surface area contributed by atoms with Gasteiger partial charge in [0.2, 0.25) is 0 Å². The Morgan fingerprint density at radius 3 is 3.05 bits per heavy atom. The van der Waals surface area contributed by atoms with E-state index in [1.807, 2.05) is 30.5 Å². The Hall–Kier alpha value is -2.05. The van der Waals surface area contributed by atoms with Gasteiger partial charge >= 0.3 is 0 Å². The lowest BCUT2D eigenvalue weighted by molar-refractivity contribution is 0.578. The number of thiophene rings is 1. The van der Waals surface area contributed by atoms with Crippen molar-refractivity contribution in [2.45, 2.75) is 20.0 Å². The molecule has 0 unspecified atom stereocenters. The molecule has 0 aliphatic carbocycles. The number of nitrogens with zero attached hydrogens (tertiary/aromatic N) is 3. The maximum atomic E-state index is 12.3. The lowest BCUT2D eigenvalue weighted by Gasteiger charge is -2.07. The van der Waals surface area contributed by atoms with Crippen LogP contribution in [-0.2, 0) is 13.1 Å². The average molecular weight is 300 g/mol. The summed E-state index contributed by atoms with van der Waals surface area (Å²) in [4.78, 5) is 20.9. The van der Waals surface area contributed by atoms with E-state index >= 15 is 0 Å². The molecule has 0 saturated heterocycles. The van der Waals surface area contributed by atoms with Gasteiger partial charge in [-0.1, -0.05) is 6.07 Å². The van der Waals surface area contributed by atoms with Crippen molar-refractivity contribution in [3.8, 4) is 0 Å². The molecule has 3 heterocycles. The summed E-state index contributed by atoms with van der Waals surface area (Å²) in [7, 11) is 0. The number of hydrogen-bond acceptors (Lipinski definition) is 5. The third kappa shape index (κ3) is 3.01. The molecule has 0 aromatic carbocycles. The molecule has 3 aromatic rings. The minimum absolute atomic E-state index is 0.0396. The van der Waals surface area contributed by atoms with Gasteiger partial charge in [0.15, 0.2) is 0 Å². The molecule has 0 spiro atoms. The summed E-state index contributed by atoms with van der Waals surface area (Å²) in [6.07, 6.45) is 3.41. The molecule has 108 valence electrons. The SMILES string of the molecule is Cc1csc2c(=O)n(CCNCc3ccccn3)cnc12. The number of pyridine rings is 1. The molecule has 0 saturated carbocycles. The first-order valence-corrected chi connectivity index (χ1v) is 7.67. The molecule has 0 amide bonds. The van der Waals surface area contributed by atoms with Crippen LogP contribution in [-0.4, -0.2) is 21.1 Å². The number of hydrogen-bond donors (Lipinski definition) is 1. The fourth-order valence-electron chi connectivity index (χ4n) is 2.14. The summed E-state index contributed by atoms with van der Waals surface area (Å²) in [6.45, 7) is 3.98. The van der Waals surface area contributed by atoms with Crippen LogP contribution in [0.5, 0.6) is 0 Å². The Morgan fingerprint density at radius 2 is 2.24 bits per heavy atom. The zero-order valence-electron chi connectivity index (χ0n) is 11.7. The second-order valence-electron chi connectivity index (χ2n) is 4.84. The molecular weight excluding hydrogens is 284 g/mol. The predicted molar refractivity (Wildman–Crippen MR) is 84.6 cm³/mol. The van der Waals surface area contributed by atoms with Crippen molar-refractivity contribution in [1.82, 2.24) is 19.9 Å². The zero-order valence-corrected chi connectivity index (χ0v) is 12.6. The smallest absolute Gasteiger partial charge is 0.271 e. The summed E-state index contributed by atoms with van der Waals surface area (Å²) >= 11 is 1.46. The first kappa shape index (κ1) is 13.9. The number of fused-ring (bicyclic) bond motifs is 1. The van der Waals surface area contributed by atoms with E-state index in [9.17, 15) is 4.79 Å². The van der Waals surface area contributed by atoms with E-state index in [4.69, 9.17) is 0 Å². The van der Waals surface area contributed by atoms with Gasteiger partial charge in [0, 0.05) is 25.8 Å². The van der Waals surface area contributed by atoms with Crippen molar-refractivity contribution >= 4 is 21.6 Å². The summed E-state index contributed by atoms with van der Waals surface area (Å²) < 4.78 is 2.39. The number of aromatic nitrogens is 3. The minimum atomic E-state index is 0.0396. The third-order valence-electron chi connectivity index (χ3n) is 3.29. The summed E-state index contributed by atoms with van der Waals surface area (Å²) in [5.74, 6) is 0. The van der Waals surface area contributed by atoms with Gasteiger partial charge in [-0.2, -0.15) is 0 Å². The van der Waals surface area contributed by atoms with E-state index in [1.165, 1.54) is 11.3 Å². The van der Waals surface area contributed by atoms with Crippen molar-refractivity contribution in [3.05, 3.63) is 57.7 Å². The van der Waals surface area contributed by atoms with Crippen molar-refractivity contribution in [1.29, 1.82) is 0 Å². The van der Waals surface area contributed by atoms with Gasteiger partial charge in [-0.05, 0) is 30.0 Å². The highest BCUT2D eigenvalue weighted by molar-refractivity contribution is 7.17. The van der Waals surface area contributed by atoms with Gasteiger partial charge in [-0.25, -0.2) is 4.98 Å². The van der Waals surface area contributed by atoms with Crippen LogP contribution >= 0.6 is 11.3 Å². The first-order chi connectivity index (χ1) is 10.3. The highest BCUT2D eigenvalue weighted by atomic mass is 32.1. The second kappa shape index (κ2) is 6.15. The average Bonchev–Trinajstić information content (AvgIpc) is 2.89. The highest BCUT2D eigenvalue weighted by Gasteiger charge is 2.07. The van der Waals surface area contributed by atoms with Gasteiger partial charge in [0.25, 0.3) is 5.56 Å². The summed E-state index contributed by atoms with van der Waals surface area (Å²) in [5, 5.41) is 5.26. The maximum Gasteiger partial charge on any atom is 0.271 e. The van der Waals surface area contributed by atoms with Crippen LogP contribution in [0.3, 0.4) is 0 Å². The summed E-state index contributed by atoms with van der Waals surface area (Å²) in [5.41, 5.74) is 2.92. The molecule has 3 aromatic heterocycles. The van der Waals surface area contributed by atoms with Crippen LogP contribution in [0.25, 0.3) is 10.2 Å². The van der Waals surface area contributed by atoms with Gasteiger partial charge in [-0.3, -0.25) is 14.3 Å². The fourth-order valence-corrected chi connectivity index (χ4v) is 3.09. The Labute approximate surface area is 126 Å². The zero-order chi connectivity index (χ0) is 14.7. The second-order valence-corrected chi connectivity index (χ2v) is 5.72. The molecule has 5 nitrogen and oxygen atoms in total. The quantitative estimate of drug-likeness (QED) is 0.732. The van der Waals surface area contributed by atoms with Crippen molar-refractivity contribution < 1.29 is 0 Å². The topological polar surface area (TPSA) is 59.8 Å². The molecular formula is C15H16N4OS. The van der Waals surface area contributed by atoms with E-state index < -0.39 is 0 Å². The standard InChI is InChI=1S/C15H16N4OS/c1-11-9-21-14-13(11)18-10-19(15(14)20)7-6-16-8-12-4-2-3-5-17-12/h2-5,9-10,16H,6-8H2,1H3. The molecule has 0 aliphatic rings. The van der Waals surface area contributed by atoms with Crippen LogP contribution < -0.4 is 10.9 Å². The monoisotopic (exact) mass is 300 g/mol. The van der Waals surface area contributed by atoms with Crippen LogP contribution in [0.15, 0.2) is 40.9 Å². The lowest BCUT2D eigenvalue weighted by atomic mass is 10.3. The fraction of sp³-hybridized carbons (Fsp3) is 0.267. The van der Waals surface area contributed by atoms with E-state index in [0.717, 1.165) is 21.5 Å². The predicted octanol–water partition coefficient (Wildman–Crippen LogP) is 1.95. The Kier molecular flexibility index (Phi) is 4.08. The van der Waals surface area contributed by atoms with E-state index in [1.54, 1.807) is 17.1 Å². The van der Waals surface area contributed by atoms with Crippen LogP contribution in [0.2, 0.25) is 0 Å². The highest BCUT2D eigenvalue weighted by Crippen LogP contribution is 2.19. The van der Waals surface area contributed by atoms with Gasteiger partial charge in [-0.15, -0.1) is 11.3 Å².